The van der Waals surface area contributed by atoms with E-state index in [-0.39, 0.29) is 18.0 Å². The van der Waals surface area contributed by atoms with Gasteiger partial charge < -0.3 is 14.0 Å². The van der Waals surface area contributed by atoms with E-state index in [1.54, 1.807) is 7.11 Å². The highest BCUT2D eigenvalue weighted by molar-refractivity contribution is 5.95. The van der Waals surface area contributed by atoms with Crippen molar-refractivity contribution in [1.82, 2.24) is 4.57 Å². The Morgan fingerprint density at radius 1 is 1.06 bits per heavy atom. The first kappa shape index (κ1) is 22.4. The van der Waals surface area contributed by atoms with Crippen LogP contribution < -0.4 is 4.74 Å². The summed E-state index contributed by atoms with van der Waals surface area (Å²) in [5.74, 6) is 1.53. The van der Waals surface area contributed by atoms with Gasteiger partial charge in [0.25, 0.3) is 0 Å². The summed E-state index contributed by atoms with van der Waals surface area (Å²) in [6.07, 6.45) is 7.52. The number of rotatable bonds is 3. The number of hydrogen-bond donors (Lipinski definition) is 0. The summed E-state index contributed by atoms with van der Waals surface area (Å²) in [5, 5.41) is 1.35. The Labute approximate surface area is 198 Å². The van der Waals surface area contributed by atoms with Crippen molar-refractivity contribution in [3.05, 3.63) is 53.6 Å². The van der Waals surface area contributed by atoms with Crippen LogP contribution in [0.3, 0.4) is 0 Å². The van der Waals surface area contributed by atoms with Crippen LogP contribution in [0.5, 0.6) is 5.75 Å². The zero-order valence-electron chi connectivity index (χ0n) is 19.6. The maximum absolute atomic E-state index is 13.0. The first-order valence-corrected chi connectivity index (χ1v) is 12.0. The number of fused-ring (bicyclic) bond motifs is 7. The molecule has 34 heavy (non-hydrogen) atoms. The highest BCUT2D eigenvalue weighted by Gasteiger charge is 2.63. The SMILES string of the molecule is COC(=O)C12CC1c1cc(OC)ccc1-c1c(C3CCCCC3)c3ccccc3n1C2.O=C=O. The van der Waals surface area contributed by atoms with Gasteiger partial charge in [0.05, 0.1) is 25.3 Å². The second kappa shape index (κ2) is 8.77. The second-order valence-electron chi connectivity index (χ2n) is 9.64. The third-order valence-corrected chi connectivity index (χ3v) is 8.02. The maximum atomic E-state index is 13.0. The van der Waals surface area contributed by atoms with Crippen LogP contribution in [0.15, 0.2) is 42.5 Å². The van der Waals surface area contributed by atoms with E-state index in [1.165, 1.54) is 72.5 Å². The van der Waals surface area contributed by atoms with Gasteiger partial charge in [-0.25, -0.2) is 0 Å². The lowest BCUT2D eigenvalue weighted by atomic mass is 9.81. The minimum Gasteiger partial charge on any atom is -0.497 e. The van der Waals surface area contributed by atoms with Gasteiger partial charge in [0.2, 0.25) is 0 Å². The number of carbonyl (C=O) groups is 1. The lowest BCUT2D eigenvalue weighted by Crippen LogP contribution is -2.24. The number of esters is 1. The Morgan fingerprint density at radius 3 is 2.50 bits per heavy atom. The Hall–Kier alpha value is -3.37. The van der Waals surface area contributed by atoms with Gasteiger partial charge in [-0.15, -0.1) is 0 Å². The maximum Gasteiger partial charge on any atom is 0.373 e. The Morgan fingerprint density at radius 2 is 1.79 bits per heavy atom. The molecule has 2 atom stereocenters. The van der Waals surface area contributed by atoms with E-state index in [4.69, 9.17) is 19.1 Å². The van der Waals surface area contributed by atoms with Crippen LogP contribution in [-0.4, -0.2) is 30.9 Å². The number of aromatic nitrogens is 1. The van der Waals surface area contributed by atoms with Gasteiger partial charge >= 0.3 is 12.1 Å². The van der Waals surface area contributed by atoms with E-state index < -0.39 is 5.41 Å². The van der Waals surface area contributed by atoms with E-state index in [1.807, 2.05) is 0 Å². The molecule has 1 aliphatic heterocycles. The van der Waals surface area contributed by atoms with Crippen molar-refractivity contribution in [3.63, 3.8) is 0 Å². The van der Waals surface area contributed by atoms with Gasteiger partial charge in [-0.3, -0.25) is 4.79 Å². The normalized spacial score (nSPS) is 22.7. The smallest absolute Gasteiger partial charge is 0.373 e. The third kappa shape index (κ3) is 3.36. The molecule has 1 aromatic heterocycles. The molecular formula is C28H29NO5. The summed E-state index contributed by atoms with van der Waals surface area (Å²) < 4.78 is 13.3. The minimum absolute atomic E-state index is 0.0869. The first-order valence-electron chi connectivity index (χ1n) is 12.0. The van der Waals surface area contributed by atoms with Crippen LogP contribution in [0.2, 0.25) is 0 Å². The van der Waals surface area contributed by atoms with Gasteiger partial charge in [0.15, 0.2) is 0 Å². The van der Waals surface area contributed by atoms with E-state index in [2.05, 4.69) is 47.0 Å². The molecule has 0 N–H and O–H groups in total. The van der Waals surface area contributed by atoms with Crippen LogP contribution in [0.1, 0.15) is 61.5 Å². The molecule has 2 saturated carbocycles. The number of methoxy groups -OCH3 is 2. The van der Waals surface area contributed by atoms with Crippen molar-refractivity contribution in [1.29, 1.82) is 0 Å². The molecule has 2 heterocycles. The zero-order chi connectivity index (χ0) is 23.9. The molecule has 2 aromatic carbocycles. The molecule has 176 valence electrons. The highest BCUT2D eigenvalue weighted by atomic mass is 16.5. The molecule has 6 heteroatoms. The predicted octanol–water partition coefficient (Wildman–Crippen LogP) is 5.44. The standard InChI is InChI=1S/C27H29NO3.CO2/c1-30-18-12-13-19-21(14-18)22-15-27(22,26(29)31-2)16-28-23-11-7-6-10-20(23)24(25(19)28)17-8-4-3-5-9-17;2-1-3/h6-7,10-14,17,22H,3-5,8-9,15-16H2,1-2H3;. The van der Waals surface area contributed by atoms with Crippen LogP contribution in [0.4, 0.5) is 0 Å². The molecule has 0 spiro atoms. The number of ether oxygens (including phenoxy) is 2. The van der Waals surface area contributed by atoms with Crippen molar-refractivity contribution < 1.29 is 23.9 Å². The molecule has 2 fully saturated rings. The Balaban J connectivity index is 0.000000764. The first-order chi connectivity index (χ1) is 16.6. The van der Waals surface area contributed by atoms with Crippen molar-refractivity contribution >= 4 is 23.0 Å². The predicted molar refractivity (Wildman–Crippen MR) is 127 cm³/mol. The number of para-hydroxylation sites is 1. The molecule has 3 aromatic rings. The Kier molecular flexibility index (Phi) is 5.78. The molecule has 2 aliphatic carbocycles. The third-order valence-electron chi connectivity index (χ3n) is 8.02. The number of hydrogen-bond acceptors (Lipinski definition) is 5. The number of carbonyl (C=O) groups excluding carboxylic acids is 3. The highest BCUT2D eigenvalue weighted by Crippen LogP contribution is 2.65. The summed E-state index contributed by atoms with van der Waals surface area (Å²) in [4.78, 5) is 29.3. The number of benzene rings is 2. The average Bonchev–Trinajstić information content (AvgIpc) is 3.54. The summed E-state index contributed by atoms with van der Waals surface area (Å²) in [6.45, 7) is 0.684. The van der Waals surface area contributed by atoms with Gasteiger partial charge in [0.1, 0.15) is 5.75 Å². The fourth-order valence-electron chi connectivity index (χ4n) is 6.42. The molecule has 0 radical (unpaired) electrons. The van der Waals surface area contributed by atoms with Crippen LogP contribution in [0, 0.1) is 5.41 Å². The quantitative estimate of drug-likeness (QED) is 0.488. The molecule has 0 bridgehead atoms. The fourth-order valence-corrected chi connectivity index (χ4v) is 6.42. The minimum atomic E-state index is -0.479. The molecule has 2 unspecified atom stereocenters. The van der Waals surface area contributed by atoms with Gasteiger partial charge in [0, 0.05) is 28.9 Å². The molecule has 6 rings (SSSR count). The molecule has 3 aliphatic rings. The molecule has 0 amide bonds. The van der Waals surface area contributed by atoms with Gasteiger partial charge in [-0.1, -0.05) is 37.5 Å². The number of nitrogens with zero attached hydrogens (tertiary/aromatic N) is 1. The van der Waals surface area contributed by atoms with Crippen LogP contribution >= 0.6 is 0 Å². The summed E-state index contributed by atoms with van der Waals surface area (Å²) in [7, 11) is 3.23. The lowest BCUT2D eigenvalue weighted by Gasteiger charge is -2.24. The lowest BCUT2D eigenvalue weighted by molar-refractivity contribution is -0.191. The monoisotopic (exact) mass is 459 g/mol. The van der Waals surface area contributed by atoms with Crippen LogP contribution in [-0.2, 0) is 25.7 Å². The van der Waals surface area contributed by atoms with Crippen molar-refractivity contribution in [2.75, 3.05) is 14.2 Å². The summed E-state index contributed by atoms with van der Waals surface area (Å²) >= 11 is 0. The van der Waals surface area contributed by atoms with E-state index in [9.17, 15) is 4.79 Å². The summed E-state index contributed by atoms with van der Waals surface area (Å²) in [6, 6.07) is 15.2. The van der Waals surface area contributed by atoms with Crippen molar-refractivity contribution in [2.24, 2.45) is 5.41 Å². The second-order valence-corrected chi connectivity index (χ2v) is 9.64. The summed E-state index contributed by atoms with van der Waals surface area (Å²) in [5.41, 5.74) is 6.08. The van der Waals surface area contributed by atoms with Gasteiger partial charge in [-0.2, -0.15) is 9.59 Å². The van der Waals surface area contributed by atoms with E-state index in [0.29, 0.717) is 12.5 Å². The fraction of sp³-hybridized carbons (Fsp3) is 0.429. The van der Waals surface area contributed by atoms with Crippen molar-refractivity contribution in [2.45, 2.75) is 56.9 Å². The Bertz CT molecular complexity index is 1280. The molecule has 0 saturated heterocycles. The van der Waals surface area contributed by atoms with E-state index >= 15 is 0 Å². The largest absolute Gasteiger partial charge is 0.497 e. The van der Waals surface area contributed by atoms with E-state index in [0.717, 1.165) is 12.2 Å². The van der Waals surface area contributed by atoms with Gasteiger partial charge in [-0.05, 0) is 60.6 Å². The molecule has 6 nitrogen and oxygen atoms in total. The van der Waals surface area contributed by atoms with Crippen LogP contribution in [0.25, 0.3) is 22.2 Å². The molecular weight excluding hydrogens is 430 g/mol. The van der Waals surface area contributed by atoms with Crippen molar-refractivity contribution in [3.8, 4) is 17.0 Å². The topological polar surface area (TPSA) is 74.6 Å². The average molecular weight is 460 g/mol. The zero-order valence-corrected chi connectivity index (χ0v) is 19.6.